The van der Waals surface area contributed by atoms with Crippen LogP contribution in [0.5, 0.6) is 5.75 Å². The monoisotopic (exact) mass is 208 g/mol. The molecule has 1 aromatic rings. The summed E-state index contributed by atoms with van der Waals surface area (Å²) >= 11 is 0. The van der Waals surface area contributed by atoms with Crippen molar-refractivity contribution in [2.45, 2.75) is 26.4 Å². The molecule has 0 aliphatic heterocycles. The number of hydroxylamine groups is 1. The minimum atomic E-state index is -0.0231. The van der Waals surface area contributed by atoms with Crippen LogP contribution >= 0.6 is 0 Å². The van der Waals surface area contributed by atoms with Crippen molar-refractivity contribution in [1.82, 2.24) is 5.48 Å². The Morgan fingerprint density at radius 3 is 2.53 bits per heavy atom. The third kappa shape index (κ3) is 3.25. The van der Waals surface area contributed by atoms with Crippen molar-refractivity contribution < 1.29 is 9.94 Å². The molecule has 1 unspecified atom stereocenters. The lowest BCUT2D eigenvalue weighted by Crippen LogP contribution is -2.18. The zero-order valence-electron chi connectivity index (χ0n) is 8.95. The van der Waals surface area contributed by atoms with Crippen LogP contribution < -0.4 is 10.2 Å². The molecule has 0 bridgehead atoms. The number of rotatable bonds is 4. The van der Waals surface area contributed by atoms with E-state index in [1.165, 1.54) is 0 Å². The Bertz CT molecular complexity index is 322. The summed E-state index contributed by atoms with van der Waals surface area (Å²) < 4.78 is 5.58. The molecule has 0 amide bonds. The van der Waals surface area contributed by atoms with Gasteiger partial charge in [0.25, 0.3) is 0 Å². The van der Waals surface area contributed by atoms with Crippen LogP contribution in [0.2, 0.25) is 0 Å². The highest BCUT2D eigenvalue weighted by Gasteiger charge is 2.02. The van der Waals surface area contributed by atoms with Gasteiger partial charge in [0.2, 0.25) is 0 Å². The van der Waals surface area contributed by atoms with Crippen molar-refractivity contribution in [3.05, 3.63) is 29.8 Å². The van der Waals surface area contributed by atoms with Crippen LogP contribution in [0.3, 0.4) is 0 Å². The summed E-state index contributed by atoms with van der Waals surface area (Å²) in [6.07, 6.45) is 1.14. The second-order valence-electron chi connectivity index (χ2n) is 3.35. The highest BCUT2D eigenvalue weighted by Crippen LogP contribution is 2.14. The van der Waals surface area contributed by atoms with Crippen molar-refractivity contribution in [2.75, 3.05) is 0 Å². The first kappa shape index (κ1) is 11.5. The van der Waals surface area contributed by atoms with Crippen LogP contribution in [0.1, 0.15) is 25.8 Å². The quantitative estimate of drug-likeness (QED) is 0.403. The van der Waals surface area contributed by atoms with E-state index in [-0.39, 0.29) is 11.9 Å². The molecule has 0 heterocycles. The molecule has 82 valence electrons. The number of amidine groups is 1. The standard InChI is InChI=1S/C11H16N2O2/c1-3-8(2)15-10-6-4-9(5-7-10)11(12)13-14/h4-8,14H,3H2,1-2H3,(H2,12,13). The molecule has 1 aromatic carbocycles. The van der Waals surface area contributed by atoms with Gasteiger partial charge < -0.3 is 4.74 Å². The summed E-state index contributed by atoms with van der Waals surface area (Å²) in [5, 5.41) is 15.9. The average molecular weight is 208 g/mol. The zero-order valence-corrected chi connectivity index (χ0v) is 8.95. The number of hydrogen-bond acceptors (Lipinski definition) is 3. The molecule has 3 N–H and O–H groups in total. The fourth-order valence-electron chi connectivity index (χ4n) is 1.08. The highest BCUT2D eigenvalue weighted by molar-refractivity contribution is 5.95. The zero-order chi connectivity index (χ0) is 11.3. The Hall–Kier alpha value is -1.55. The van der Waals surface area contributed by atoms with E-state index in [1.807, 2.05) is 6.92 Å². The van der Waals surface area contributed by atoms with Crippen molar-refractivity contribution in [3.8, 4) is 5.75 Å². The van der Waals surface area contributed by atoms with Gasteiger partial charge in [-0.15, -0.1) is 0 Å². The molecule has 4 heteroatoms. The molecule has 0 aromatic heterocycles. The molecule has 1 rings (SSSR count). The van der Waals surface area contributed by atoms with Gasteiger partial charge in [-0.25, -0.2) is 0 Å². The molecule has 0 aliphatic carbocycles. The maximum absolute atomic E-state index is 8.54. The Kier molecular flexibility index (Phi) is 4.12. The van der Waals surface area contributed by atoms with E-state index in [0.29, 0.717) is 5.56 Å². The van der Waals surface area contributed by atoms with Gasteiger partial charge in [0.1, 0.15) is 11.6 Å². The third-order valence-electron chi connectivity index (χ3n) is 2.17. The Balaban J connectivity index is 2.68. The molecule has 0 saturated carbocycles. The Morgan fingerprint density at radius 1 is 1.47 bits per heavy atom. The smallest absolute Gasteiger partial charge is 0.149 e. The highest BCUT2D eigenvalue weighted by atomic mass is 16.5. The number of nitrogens with one attached hydrogen (secondary N) is 2. The lowest BCUT2D eigenvalue weighted by Gasteiger charge is -2.12. The third-order valence-corrected chi connectivity index (χ3v) is 2.17. The van der Waals surface area contributed by atoms with E-state index in [2.05, 4.69) is 6.92 Å². The molecule has 0 fully saturated rings. The molecule has 4 nitrogen and oxygen atoms in total. The number of benzene rings is 1. The van der Waals surface area contributed by atoms with Crippen LogP contribution in [0.4, 0.5) is 0 Å². The van der Waals surface area contributed by atoms with Gasteiger partial charge >= 0.3 is 0 Å². The average Bonchev–Trinajstić information content (AvgIpc) is 2.29. The van der Waals surface area contributed by atoms with Crippen LogP contribution in [0.15, 0.2) is 24.3 Å². The summed E-state index contributed by atoms with van der Waals surface area (Å²) in [6, 6.07) is 7.02. The molecule has 0 spiro atoms. The summed E-state index contributed by atoms with van der Waals surface area (Å²) in [5.41, 5.74) is 2.41. The van der Waals surface area contributed by atoms with Crippen LogP contribution in [0.25, 0.3) is 0 Å². The minimum Gasteiger partial charge on any atom is -0.491 e. The van der Waals surface area contributed by atoms with E-state index in [1.54, 1.807) is 29.7 Å². The Morgan fingerprint density at radius 2 is 2.07 bits per heavy atom. The predicted octanol–water partition coefficient (Wildman–Crippen LogP) is 2.17. The molecule has 0 saturated heterocycles. The fraction of sp³-hybridized carbons (Fsp3) is 0.364. The maximum atomic E-state index is 8.54. The van der Waals surface area contributed by atoms with E-state index in [0.717, 1.165) is 12.2 Å². The van der Waals surface area contributed by atoms with Gasteiger partial charge in [-0.3, -0.25) is 16.1 Å². The minimum absolute atomic E-state index is 0.0231. The molecular formula is C11H16N2O2. The van der Waals surface area contributed by atoms with Gasteiger partial charge in [0, 0.05) is 5.56 Å². The van der Waals surface area contributed by atoms with E-state index in [4.69, 9.17) is 15.4 Å². The van der Waals surface area contributed by atoms with Crippen molar-refractivity contribution in [2.24, 2.45) is 0 Å². The van der Waals surface area contributed by atoms with Gasteiger partial charge in [0.05, 0.1) is 6.10 Å². The first-order valence-corrected chi connectivity index (χ1v) is 4.93. The fourth-order valence-corrected chi connectivity index (χ4v) is 1.08. The first-order chi connectivity index (χ1) is 7.17. The maximum Gasteiger partial charge on any atom is 0.149 e. The predicted molar refractivity (Wildman–Crippen MR) is 58.6 cm³/mol. The van der Waals surface area contributed by atoms with E-state index < -0.39 is 0 Å². The normalized spacial score (nSPS) is 11.9. The summed E-state index contributed by atoms with van der Waals surface area (Å²) in [5.74, 6) is 0.754. The van der Waals surface area contributed by atoms with E-state index >= 15 is 0 Å². The van der Waals surface area contributed by atoms with Crippen molar-refractivity contribution in [1.29, 1.82) is 5.41 Å². The second-order valence-corrected chi connectivity index (χ2v) is 3.35. The lowest BCUT2D eigenvalue weighted by atomic mass is 10.2. The lowest BCUT2D eigenvalue weighted by molar-refractivity contribution is 0.217. The Labute approximate surface area is 89.4 Å². The SMILES string of the molecule is CCC(C)Oc1ccc(C(=N)NO)cc1. The molecular weight excluding hydrogens is 192 g/mol. The largest absolute Gasteiger partial charge is 0.491 e. The second kappa shape index (κ2) is 5.36. The van der Waals surface area contributed by atoms with E-state index in [9.17, 15) is 0 Å². The molecule has 15 heavy (non-hydrogen) atoms. The van der Waals surface area contributed by atoms with Gasteiger partial charge in [-0.1, -0.05) is 6.92 Å². The van der Waals surface area contributed by atoms with Crippen molar-refractivity contribution >= 4 is 5.84 Å². The number of hydrogen-bond donors (Lipinski definition) is 3. The molecule has 1 atom stereocenters. The van der Waals surface area contributed by atoms with Gasteiger partial charge in [0.15, 0.2) is 0 Å². The van der Waals surface area contributed by atoms with Crippen LogP contribution in [-0.2, 0) is 0 Å². The molecule has 0 aliphatic rings. The summed E-state index contributed by atoms with van der Waals surface area (Å²) in [6.45, 7) is 4.07. The van der Waals surface area contributed by atoms with Crippen molar-refractivity contribution in [3.63, 3.8) is 0 Å². The van der Waals surface area contributed by atoms with Crippen LogP contribution in [0, 0.1) is 5.41 Å². The summed E-state index contributed by atoms with van der Waals surface area (Å²) in [4.78, 5) is 0. The van der Waals surface area contributed by atoms with Gasteiger partial charge in [-0.2, -0.15) is 0 Å². The first-order valence-electron chi connectivity index (χ1n) is 4.93. The number of ether oxygens (including phenoxy) is 1. The summed E-state index contributed by atoms with van der Waals surface area (Å²) in [7, 11) is 0. The molecule has 0 radical (unpaired) electrons. The topological polar surface area (TPSA) is 65.3 Å². The van der Waals surface area contributed by atoms with Crippen LogP contribution in [-0.4, -0.2) is 17.1 Å². The van der Waals surface area contributed by atoms with Gasteiger partial charge in [-0.05, 0) is 37.6 Å².